The van der Waals surface area contributed by atoms with Crippen LogP contribution in [-0.2, 0) is 0 Å². The summed E-state index contributed by atoms with van der Waals surface area (Å²) < 4.78 is 0.855. The summed E-state index contributed by atoms with van der Waals surface area (Å²) in [6.45, 7) is 6.02. The molecule has 0 aliphatic heterocycles. The molecule has 1 heterocycles. The first-order valence-corrected chi connectivity index (χ1v) is 7.61. The third-order valence-electron chi connectivity index (χ3n) is 2.87. The summed E-state index contributed by atoms with van der Waals surface area (Å²) in [6.07, 6.45) is 4.80. The Balaban J connectivity index is 2.61. The first-order chi connectivity index (χ1) is 9.21. The number of anilines is 2. The number of nitrogens with one attached hydrogen (secondary N) is 2. The molecule has 0 aliphatic rings. The molecule has 0 radical (unpaired) electrons. The van der Waals surface area contributed by atoms with Crippen molar-refractivity contribution in [3.05, 3.63) is 10.7 Å². The number of halogens is 1. The van der Waals surface area contributed by atoms with Crippen LogP contribution in [0.1, 0.15) is 33.1 Å². The molecule has 0 saturated heterocycles. The normalized spacial score (nSPS) is 12.2. The van der Waals surface area contributed by atoms with Gasteiger partial charge in [-0.15, -0.1) is 0 Å². The molecule has 0 amide bonds. The minimum Gasteiger partial charge on any atom is -0.396 e. The molecule has 3 N–H and O–H groups in total. The highest BCUT2D eigenvalue weighted by molar-refractivity contribution is 9.10. The van der Waals surface area contributed by atoms with E-state index in [2.05, 4.69) is 43.5 Å². The molecular formula is C13H23BrN4O. The fourth-order valence-electron chi connectivity index (χ4n) is 1.91. The molecule has 0 bridgehead atoms. The van der Waals surface area contributed by atoms with Gasteiger partial charge in [-0.2, -0.15) is 4.98 Å². The first kappa shape index (κ1) is 16.2. The topological polar surface area (TPSA) is 70.1 Å². The highest BCUT2D eigenvalue weighted by atomic mass is 79.9. The zero-order chi connectivity index (χ0) is 14.1. The Morgan fingerprint density at radius 1 is 1.32 bits per heavy atom. The third-order valence-corrected chi connectivity index (χ3v) is 3.45. The van der Waals surface area contributed by atoms with E-state index in [0.717, 1.165) is 42.6 Å². The molecule has 1 atom stereocenters. The minimum atomic E-state index is 0.236. The molecule has 0 saturated carbocycles. The van der Waals surface area contributed by atoms with Gasteiger partial charge in [-0.25, -0.2) is 4.98 Å². The molecule has 0 fully saturated rings. The van der Waals surface area contributed by atoms with E-state index in [1.807, 2.05) is 6.92 Å². The van der Waals surface area contributed by atoms with Crippen LogP contribution in [0.15, 0.2) is 10.7 Å². The van der Waals surface area contributed by atoms with Gasteiger partial charge in [0, 0.05) is 25.9 Å². The average Bonchev–Trinajstić information content (AvgIpc) is 2.40. The second-order valence-electron chi connectivity index (χ2n) is 4.47. The second kappa shape index (κ2) is 9.09. The first-order valence-electron chi connectivity index (χ1n) is 6.82. The Morgan fingerprint density at radius 2 is 2.11 bits per heavy atom. The van der Waals surface area contributed by atoms with E-state index in [-0.39, 0.29) is 6.61 Å². The van der Waals surface area contributed by atoms with Crippen LogP contribution in [0.5, 0.6) is 0 Å². The number of hydrogen-bond donors (Lipinski definition) is 3. The van der Waals surface area contributed by atoms with Crippen LogP contribution in [0, 0.1) is 5.92 Å². The minimum absolute atomic E-state index is 0.236. The highest BCUT2D eigenvalue weighted by Gasteiger charge is 2.09. The summed E-state index contributed by atoms with van der Waals surface area (Å²) in [5.74, 6) is 1.90. The third kappa shape index (κ3) is 5.74. The molecule has 1 aromatic rings. The number of rotatable bonds is 9. The second-order valence-corrected chi connectivity index (χ2v) is 5.32. The lowest BCUT2D eigenvalue weighted by Gasteiger charge is -2.17. The van der Waals surface area contributed by atoms with Crippen LogP contribution >= 0.6 is 15.9 Å². The van der Waals surface area contributed by atoms with Crippen molar-refractivity contribution in [2.75, 3.05) is 30.3 Å². The lowest BCUT2D eigenvalue weighted by Crippen LogP contribution is -2.17. The van der Waals surface area contributed by atoms with Crippen molar-refractivity contribution >= 4 is 27.7 Å². The average molecular weight is 331 g/mol. The van der Waals surface area contributed by atoms with E-state index < -0.39 is 0 Å². The van der Waals surface area contributed by atoms with Gasteiger partial charge in [-0.3, -0.25) is 0 Å². The molecule has 0 aliphatic carbocycles. The van der Waals surface area contributed by atoms with Crippen LogP contribution in [0.2, 0.25) is 0 Å². The molecule has 0 spiro atoms. The van der Waals surface area contributed by atoms with Crippen molar-refractivity contribution in [1.82, 2.24) is 9.97 Å². The van der Waals surface area contributed by atoms with Gasteiger partial charge in [0.25, 0.3) is 0 Å². The molecule has 19 heavy (non-hydrogen) atoms. The molecule has 1 aromatic heterocycles. The molecule has 108 valence electrons. The van der Waals surface area contributed by atoms with Crippen LogP contribution in [-0.4, -0.2) is 34.8 Å². The molecule has 5 nitrogen and oxygen atoms in total. The van der Waals surface area contributed by atoms with Crippen molar-refractivity contribution in [1.29, 1.82) is 0 Å². The van der Waals surface area contributed by atoms with Crippen LogP contribution < -0.4 is 10.6 Å². The highest BCUT2D eigenvalue weighted by Crippen LogP contribution is 2.21. The largest absolute Gasteiger partial charge is 0.396 e. The molecule has 0 aromatic carbocycles. The number of hydrogen-bond acceptors (Lipinski definition) is 5. The lowest BCUT2D eigenvalue weighted by atomic mass is 10.0. The maximum Gasteiger partial charge on any atom is 0.224 e. The van der Waals surface area contributed by atoms with E-state index in [0.29, 0.717) is 11.9 Å². The molecular weight excluding hydrogens is 308 g/mol. The Hall–Kier alpha value is -0.880. The monoisotopic (exact) mass is 330 g/mol. The summed E-state index contributed by atoms with van der Waals surface area (Å²) in [6, 6.07) is 0. The molecule has 1 rings (SSSR count). The predicted molar refractivity (Wildman–Crippen MR) is 82.5 cm³/mol. The maximum atomic E-state index is 9.06. The Bertz CT molecular complexity index is 370. The summed E-state index contributed by atoms with van der Waals surface area (Å²) in [4.78, 5) is 8.59. The Morgan fingerprint density at radius 3 is 2.74 bits per heavy atom. The van der Waals surface area contributed by atoms with Crippen molar-refractivity contribution in [2.45, 2.75) is 33.1 Å². The van der Waals surface area contributed by atoms with Gasteiger partial charge in [-0.1, -0.05) is 13.3 Å². The van der Waals surface area contributed by atoms with Gasteiger partial charge in [0.2, 0.25) is 5.95 Å². The predicted octanol–water partition coefficient (Wildman–Crippen LogP) is 2.88. The van der Waals surface area contributed by atoms with Gasteiger partial charge >= 0.3 is 0 Å². The van der Waals surface area contributed by atoms with Gasteiger partial charge in [0.15, 0.2) is 0 Å². The van der Waals surface area contributed by atoms with E-state index >= 15 is 0 Å². The fraction of sp³-hybridized carbons (Fsp3) is 0.692. The summed E-state index contributed by atoms with van der Waals surface area (Å²) >= 11 is 3.44. The van der Waals surface area contributed by atoms with E-state index in [1.54, 1.807) is 6.20 Å². The standard InChI is InChI=1S/C13H23BrN4O/c1-3-5-10(6-7-19)8-16-12-11(14)9-17-13(18-12)15-4-2/h9-10,19H,3-8H2,1-2H3,(H2,15,16,17,18). The van der Waals surface area contributed by atoms with E-state index in [1.165, 1.54) is 0 Å². The van der Waals surface area contributed by atoms with Crippen molar-refractivity contribution in [2.24, 2.45) is 5.92 Å². The zero-order valence-corrected chi connectivity index (χ0v) is 13.2. The Labute approximate surface area is 123 Å². The fourth-order valence-corrected chi connectivity index (χ4v) is 2.25. The number of aromatic nitrogens is 2. The number of aliphatic hydroxyl groups is 1. The number of aliphatic hydroxyl groups excluding tert-OH is 1. The Kier molecular flexibility index (Phi) is 7.74. The van der Waals surface area contributed by atoms with Crippen LogP contribution in [0.4, 0.5) is 11.8 Å². The SMILES string of the molecule is CCCC(CCO)CNc1nc(NCC)ncc1Br. The van der Waals surface area contributed by atoms with E-state index in [9.17, 15) is 0 Å². The summed E-state index contributed by atoms with van der Waals surface area (Å²) in [5, 5.41) is 15.5. The van der Waals surface area contributed by atoms with E-state index in [4.69, 9.17) is 5.11 Å². The molecule has 1 unspecified atom stereocenters. The van der Waals surface area contributed by atoms with Crippen LogP contribution in [0.25, 0.3) is 0 Å². The summed E-state index contributed by atoms with van der Waals surface area (Å²) in [7, 11) is 0. The molecule has 6 heteroatoms. The van der Waals surface area contributed by atoms with Gasteiger partial charge in [0.05, 0.1) is 4.47 Å². The number of nitrogens with zero attached hydrogens (tertiary/aromatic N) is 2. The summed E-state index contributed by atoms with van der Waals surface area (Å²) in [5.41, 5.74) is 0. The van der Waals surface area contributed by atoms with Crippen LogP contribution in [0.3, 0.4) is 0 Å². The smallest absolute Gasteiger partial charge is 0.224 e. The van der Waals surface area contributed by atoms with Gasteiger partial charge in [0.1, 0.15) is 5.82 Å². The van der Waals surface area contributed by atoms with Crippen molar-refractivity contribution in [3.63, 3.8) is 0 Å². The van der Waals surface area contributed by atoms with Gasteiger partial charge < -0.3 is 15.7 Å². The maximum absolute atomic E-state index is 9.06. The lowest BCUT2D eigenvalue weighted by molar-refractivity contribution is 0.255. The van der Waals surface area contributed by atoms with Crippen molar-refractivity contribution < 1.29 is 5.11 Å². The van der Waals surface area contributed by atoms with Gasteiger partial charge in [-0.05, 0) is 41.6 Å². The quantitative estimate of drug-likeness (QED) is 0.649. The van der Waals surface area contributed by atoms with Crippen molar-refractivity contribution in [3.8, 4) is 0 Å². The zero-order valence-electron chi connectivity index (χ0n) is 11.6.